The molecule has 60 valence electrons. The lowest BCUT2D eigenvalue weighted by Crippen LogP contribution is -2.43. The molecule has 2 unspecified atom stereocenters. The van der Waals surface area contributed by atoms with Crippen LogP contribution in [0.15, 0.2) is 0 Å². The lowest BCUT2D eigenvalue weighted by molar-refractivity contribution is 0.126. The highest BCUT2D eigenvalue weighted by Crippen LogP contribution is 2.23. The van der Waals surface area contributed by atoms with Crippen molar-refractivity contribution in [2.75, 3.05) is 13.1 Å². The van der Waals surface area contributed by atoms with E-state index in [1.165, 1.54) is 12.8 Å². The molecule has 1 aliphatic heterocycles. The van der Waals surface area contributed by atoms with Crippen LogP contribution in [0.25, 0.3) is 0 Å². The van der Waals surface area contributed by atoms with E-state index < -0.39 is 0 Å². The predicted octanol–water partition coefficient (Wildman–Crippen LogP) is 1.23. The van der Waals surface area contributed by atoms with Gasteiger partial charge in [-0.15, -0.1) is 0 Å². The average molecular weight is 142 g/mol. The molecule has 10 heavy (non-hydrogen) atoms. The van der Waals surface area contributed by atoms with Gasteiger partial charge in [0.1, 0.15) is 0 Å². The molecule has 0 radical (unpaired) electrons. The molecule has 1 saturated heterocycles. The van der Waals surface area contributed by atoms with Crippen molar-refractivity contribution in [3.8, 4) is 0 Å². The molecule has 0 spiro atoms. The van der Waals surface area contributed by atoms with Crippen molar-refractivity contribution >= 4 is 0 Å². The van der Waals surface area contributed by atoms with Crippen LogP contribution in [0.3, 0.4) is 0 Å². The molecule has 0 aromatic carbocycles. The first kappa shape index (κ1) is 8.02. The number of nitrogens with two attached hydrogens (primary N) is 1. The van der Waals surface area contributed by atoms with Gasteiger partial charge in [-0.3, -0.25) is 5.84 Å². The summed E-state index contributed by atoms with van der Waals surface area (Å²) in [6.07, 6.45) is 2.55. The molecule has 2 atom stereocenters. The molecule has 0 bridgehead atoms. The van der Waals surface area contributed by atoms with Gasteiger partial charge in [-0.1, -0.05) is 20.3 Å². The maximum absolute atomic E-state index is 5.70. The van der Waals surface area contributed by atoms with Crippen molar-refractivity contribution in [2.45, 2.75) is 26.7 Å². The van der Waals surface area contributed by atoms with Gasteiger partial charge in [0.05, 0.1) is 0 Å². The number of hydrogen-bond acceptors (Lipinski definition) is 2. The van der Waals surface area contributed by atoms with Gasteiger partial charge in [0.2, 0.25) is 0 Å². The Morgan fingerprint density at radius 1 is 1.60 bits per heavy atom. The van der Waals surface area contributed by atoms with Gasteiger partial charge in [-0.05, 0) is 18.3 Å². The zero-order valence-electron chi connectivity index (χ0n) is 7.01. The van der Waals surface area contributed by atoms with Crippen LogP contribution in [0.2, 0.25) is 0 Å². The lowest BCUT2D eigenvalue weighted by atomic mass is 9.86. The van der Waals surface area contributed by atoms with Crippen molar-refractivity contribution in [1.29, 1.82) is 0 Å². The Balaban J connectivity index is 2.38. The topological polar surface area (TPSA) is 29.3 Å². The molecule has 2 nitrogen and oxygen atoms in total. The standard InChI is InChI=1S/C8H18N2/c1-3-8-6-10(9)5-4-7(8)2/h7-8H,3-6,9H2,1-2H3. The summed E-state index contributed by atoms with van der Waals surface area (Å²) in [5, 5.41) is 1.95. The van der Waals surface area contributed by atoms with Gasteiger partial charge in [-0.2, -0.15) is 0 Å². The second kappa shape index (κ2) is 3.35. The van der Waals surface area contributed by atoms with Crippen LogP contribution in [-0.2, 0) is 0 Å². The van der Waals surface area contributed by atoms with Crippen molar-refractivity contribution in [3.63, 3.8) is 0 Å². The Kier molecular flexibility index (Phi) is 2.69. The highest BCUT2D eigenvalue weighted by Gasteiger charge is 2.22. The summed E-state index contributed by atoms with van der Waals surface area (Å²) in [4.78, 5) is 0. The van der Waals surface area contributed by atoms with Gasteiger partial charge >= 0.3 is 0 Å². The molecule has 1 heterocycles. The molecule has 0 amide bonds. The normalized spacial score (nSPS) is 36.3. The van der Waals surface area contributed by atoms with E-state index in [1.807, 2.05) is 5.01 Å². The van der Waals surface area contributed by atoms with E-state index in [9.17, 15) is 0 Å². The van der Waals surface area contributed by atoms with Gasteiger partial charge in [0, 0.05) is 13.1 Å². The smallest absolute Gasteiger partial charge is 0.0159 e. The minimum Gasteiger partial charge on any atom is -0.269 e. The van der Waals surface area contributed by atoms with Crippen molar-refractivity contribution in [1.82, 2.24) is 5.01 Å². The van der Waals surface area contributed by atoms with Gasteiger partial charge in [0.15, 0.2) is 0 Å². The van der Waals surface area contributed by atoms with Gasteiger partial charge < -0.3 is 0 Å². The summed E-state index contributed by atoms with van der Waals surface area (Å²) in [6, 6.07) is 0. The Hall–Kier alpha value is -0.0800. The molecule has 1 fully saturated rings. The van der Waals surface area contributed by atoms with Crippen LogP contribution in [-0.4, -0.2) is 18.1 Å². The fourth-order valence-corrected chi connectivity index (χ4v) is 1.71. The zero-order valence-corrected chi connectivity index (χ0v) is 7.01. The van der Waals surface area contributed by atoms with Crippen LogP contribution in [0, 0.1) is 11.8 Å². The largest absolute Gasteiger partial charge is 0.269 e. The third-order valence-electron chi connectivity index (χ3n) is 2.67. The molecule has 0 saturated carbocycles. The minimum atomic E-state index is 0.832. The Morgan fingerprint density at radius 2 is 2.30 bits per heavy atom. The lowest BCUT2D eigenvalue weighted by Gasteiger charge is -2.33. The Labute approximate surface area is 63.4 Å². The minimum absolute atomic E-state index is 0.832. The molecule has 1 aliphatic rings. The number of piperidine rings is 1. The van der Waals surface area contributed by atoms with E-state index in [4.69, 9.17) is 5.84 Å². The number of rotatable bonds is 1. The Morgan fingerprint density at radius 3 is 2.80 bits per heavy atom. The fraction of sp³-hybridized carbons (Fsp3) is 1.00. The average Bonchev–Trinajstić information content (AvgIpc) is 1.94. The third kappa shape index (κ3) is 1.70. The predicted molar refractivity (Wildman–Crippen MR) is 43.3 cm³/mol. The highest BCUT2D eigenvalue weighted by atomic mass is 15.4. The van der Waals surface area contributed by atoms with Crippen molar-refractivity contribution in [2.24, 2.45) is 17.7 Å². The SMILES string of the molecule is CCC1CN(N)CCC1C. The highest BCUT2D eigenvalue weighted by molar-refractivity contribution is 4.73. The van der Waals surface area contributed by atoms with Crippen LogP contribution < -0.4 is 5.84 Å². The Bertz CT molecular complexity index is 103. The number of hydrogen-bond donors (Lipinski definition) is 1. The maximum Gasteiger partial charge on any atom is 0.0159 e. The summed E-state index contributed by atoms with van der Waals surface area (Å²) in [6.45, 7) is 6.76. The first-order valence-corrected chi connectivity index (χ1v) is 4.23. The van der Waals surface area contributed by atoms with Gasteiger partial charge in [-0.25, -0.2) is 5.01 Å². The fourth-order valence-electron chi connectivity index (χ4n) is 1.71. The number of hydrazine groups is 1. The summed E-state index contributed by atoms with van der Waals surface area (Å²) < 4.78 is 0. The summed E-state index contributed by atoms with van der Waals surface area (Å²) >= 11 is 0. The van der Waals surface area contributed by atoms with Crippen molar-refractivity contribution in [3.05, 3.63) is 0 Å². The van der Waals surface area contributed by atoms with E-state index in [0.29, 0.717) is 0 Å². The van der Waals surface area contributed by atoms with E-state index in [2.05, 4.69) is 13.8 Å². The van der Waals surface area contributed by atoms with Crippen LogP contribution in [0.5, 0.6) is 0 Å². The van der Waals surface area contributed by atoms with E-state index in [-0.39, 0.29) is 0 Å². The first-order valence-electron chi connectivity index (χ1n) is 4.23. The molecular formula is C8H18N2. The second-order valence-electron chi connectivity index (χ2n) is 3.43. The number of nitrogens with zero attached hydrogens (tertiary/aromatic N) is 1. The summed E-state index contributed by atoms with van der Waals surface area (Å²) in [5.74, 6) is 7.41. The van der Waals surface area contributed by atoms with Crippen LogP contribution >= 0.6 is 0 Å². The molecule has 1 rings (SSSR count). The van der Waals surface area contributed by atoms with E-state index in [0.717, 1.165) is 24.9 Å². The summed E-state index contributed by atoms with van der Waals surface area (Å²) in [5.41, 5.74) is 0. The van der Waals surface area contributed by atoms with Crippen molar-refractivity contribution < 1.29 is 0 Å². The summed E-state index contributed by atoms with van der Waals surface area (Å²) in [7, 11) is 0. The molecule has 0 aromatic heterocycles. The second-order valence-corrected chi connectivity index (χ2v) is 3.43. The van der Waals surface area contributed by atoms with Gasteiger partial charge in [0.25, 0.3) is 0 Å². The van der Waals surface area contributed by atoms with E-state index in [1.54, 1.807) is 0 Å². The molecule has 2 N–H and O–H groups in total. The maximum atomic E-state index is 5.70. The quantitative estimate of drug-likeness (QED) is 0.558. The van der Waals surface area contributed by atoms with Crippen LogP contribution in [0.1, 0.15) is 26.7 Å². The molecular weight excluding hydrogens is 124 g/mol. The molecule has 2 heteroatoms. The zero-order chi connectivity index (χ0) is 7.56. The first-order chi connectivity index (χ1) is 4.74. The van der Waals surface area contributed by atoms with E-state index >= 15 is 0 Å². The molecule has 0 aliphatic carbocycles. The monoisotopic (exact) mass is 142 g/mol. The van der Waals surface area contributed by atoms with Crippen LogP contribution in [0.4, 0.5) is 0 Å². The third-order valence-corrected chi connectivity index (χ3v) is 2.67. The molecule has 0 aromatic rings.